The van der Waals surface area contributed by atoms with Crippen LogP contribution < -0.4 is 11.1 Å². The van der Waals surface area contributed by atoms with Crippen molar-refractivity contribution in [2.24, 2.45) is 5.92 Å². The van der Waals surface area contributed by atoms with Gasteiger partial charge in [-0.25, -0.2) is 9.59 Å². The molecule has 1 saturated heterocycles. The number of likely N-dealkylation sites (tertiary alicyclic amines) is 1. The van der Waals surface area contributed by atoms with Gasteiger partial charge < -0.3 is 19.4 Å². The Labute approximate surface area is 169 Å². The van der Waals surface area contributed by atoms with Crippen molar-refractivity contribution < 1.29 is 18.7 Å². The van der Waals surface area contributed by atoms with Gasteiger partial charge >= 0.3 is 11.8 Å². The number of carbonyl (C=O) groups excluding carboxylic acids is 2. The van der Waals surface area contributed by atoms with Crippen molar-refractivity contribution in [1.82, 2.24) is 14.8 Å². The third-order valence-corrected chi connectivity index (χ3v) is 5.12. The highest BCUT2D eigenvalue weighted by atomic mass is 16.6. The largest absolute Gasteiger partial charge is 0.444 e. The van der Waals surface area contributed by atoms with Crippen LogP contribution in [0.5, 0.6) is 0 Å². The lowest BCUT2D eigenvalue weighted by Gasteiger charge is -2.33. The highest BCUT2D eigenvalue weighted by molar-refractivity contribution is 5.83. The van der Waals surface area contributed by atoms with Crippen LogP contribution in [0.15, 0.2) is 33.5 Å². The van der Waals surface area contributed by atoms with Crippen LogP contribution >= 0.6 is 0 Å². The van der Waals surface area contributed by atoms with E-state index in [4.69, 9.17) is 9.15 Å². The number of hydrogen-bond donors (Lipinski definition) is 1. The van der Waals surface area contributed by atoms with Crippen molar-refractivity contribution >= 4 is 23.1 Å². The molecule has 1 aliphatic rings. The minimum absolute atomic E-state index is 0.0998. The number of nitrogens with one attached hydrogen (secondary N) is 1. The fourth-order valence-electron chi connectivity index (χ4n) is 3.62. The third-order valence-electron chi connectivity index (χ3n) is 5.12. The smallest absolute Gasteiger partial charge is 0.420 e. The predicted octanol–water partition coefficient (Wildman–Crippen LogP) is 2.92. The second kappa shape index (κ2) is 8.31. The summed E-state index contributed by atoms with van der Waals surface area (Å²) in [5.41, 5.74) is 0.574. The van der Waals surface area contributed by atoms with E-state index in [0.717, 1.165) is 12.8 Å². The van der Waals surface area contributed by atoms with Gasteiger partial charge in [-0.15, -0.1) is 0 Å². The quantitative estimate of drug-likeness (QED) is 0.847. The predicted molar refractivity (Wildman–Crippen MR) is 109 cm³/mol. The van der Waals surface area contributed by atoms with E-state index in [1.807, 2.05) is 26.8 Å². The van der Waals surface area contributed by atoms with E-state index in [-0.39, 0.29) is 5.91 Å². The van der Waals surface area contributed by atoms with Crippen LogP contribution in [0.2, 0.25) is 0 Å². The van der Waals surface area contributed by atoms with E-state index in [2.05, 4.69) is 5.32 Å². The minimum atomic E-state index is -0.636. The molecule has 3 rings (SSSR count). The molecule has 0 saturated carbocycles. The maximum Gasteiger partial charge on any atom is 0.420 e. The summed E-state index contributed by atoms with van der Waals surface area (Å²) in [7, 11) is 0. The molecule has 1 aromatic heterocycles. The van der Waals surface area contributed by atoms with Crippen LogP contribution in [0, 0.1) is 5.92 Å². The van der Waals surface area contributed by atoms with Gasteiger partial charge in [-0.05, 0) is 58.6 Å². The van der Waals surface area contributed by atoms with Gasteiger partial charge in [-0.2, -0.15) is 0 Å². The summed E-state index contributed by atoms with van der Waals surface area (Å²) in [4.78, 5) is 38.8. The van der Waals surface area contributed by atoms with Gasteiger partial charge in [0.05, 0.1) is 5.52 Å². The standard InChI is InChI=1S/C21H29N3O5/c1-14(24-16-7-5-6-8-17(16)28-20(24)27)18(25)23-11-9-15(10-12-23)13-22-19(26)29-21(2,3)4/h5-8,14-15H,9-13H2,1-4H3,(H,22,26). The molecule has 1 aromatic carbocycles. The number of hydrogen-bond acceptors (Lipinski definition) is 5. The van der Waals surface area contributed by atoms with Gasteiger partial charge in [-0.1, -0.05) is 12.1 Å². The number of piperidine rings is 1. The van der Waals surface area contributed by atoms with Crippen molar-refractivity contribution in [3.63, 3.8) is 0 Å². The molecule has 0 spiro atoms. The van der Waals surface area contributed by atoms with E-state index in [1.54, 1.807) is 30.0 Å². The van der Waals surface area contributed by atoms with Crippen molar-refractivity contribution in [3.8, 4) is 0 Å². The summed E-state index contributed by atoms with van der Waals surface area (Å²) in [6.45, 7) is 8.91. The zero-order chi connectivity index (χ0) is 21.2. The summed E-state index contributed by atoms with van der Waals surface area (Å²) >= 11 is 0. The van der Waals surface area contributed by atoms with Crippen molar-refractivity contribution in [1.29, 1.82) is 0 Å². The highest BCUT2D eigenvalue weighted by Gasteiger charge is 2.29. The van der Waals surface area contributed by atoms with Crippen molar-refractivity contribution in [2.75, 3.05) is 19.6 Å². The molecular formula is C21H29N3O5. The molecule has 1 atom stereocenters. The van der Waals surface area contributed by atoms with Crippen LogP contribution in [0.4, 0.5) is 4.79 Å². The van der Waals surface area contributed by atoms with Gasteiger partial charge in [0, 0.05) is 19.6 Å². The van der Waals surface area contributed by atoms with E-state index < -0.39 is 23.5 Å². The zero-order valence-electron chi connectivity index (χ0n) is 17.4. The average Bonchev–Trinajstić information content (AvgIpc) is 3.00. The second-order valence-corrected chi connectivity index (χ2v) is 8.53. The maximum absolute atomic E-state index is 13.0. The Hall–Kier alpha value is -2.77. The third kappa shape index (κ3) is 4.99. The molecule has 2 amide bonds. The van der Waals surface area contributed by atoms with Crippen LogP contribution in [-0.2, 0) is 9.53 Å². The summed E-state index contributed by atoms with van der Waals surface area (Å²) in [6.07, 6.45) is 1.15. The Morgan fingerprint density at radius 2 is 1.90 bits per heavy atom. The van der Waals surface area contributed by atoms with Crippen molar-refractivity contribution in [3.05, 3.63) is 34.8 Å². The van der Waals surface area contributed by atoms with Crippen LogP contribution in [0.25, 0.3) is 11.1 Å². The molecule has 1 unspecified atom stereocenters. The Morgan fingerprint density at radius 3 is 2.55 bits per heavy atom. The number of nitrogens with zero attached hydrogens (tertiary/aromatic N) is 2. The lowest BCUT2D eigenvalue weighted by Crippen LogP contribution is -2.45. The monoisotopic (exact) mass is 403 g/mol. The molecule has 0 bridgehead atoms. The van der Waals surface area contributed by atoms with Crippen molar-refractivity contribution in [2.45, 2.75) is 52.2 Å². The second-order valence-electron chi connectivity index (χ2n) is 8.53. The lowest BCUT2D eigenvalue weighted by molar-refractivity contribution is -0.135. The Balaban J connectivity index is 1.55. The topological polar surface area (TPSA) is 93.8 Å². The first-order valence-corrected chi connectivity index (χ1v) is 10.0. The zero-order valence-corrected chi connectivity index (χ0v) is 17.4. The SMILES string of the molecule is CC(C(=O)N1CCC(CNC(=O)OC(C)(C)C)CC1)n1c(=O)oc2ccccc21. The molecule has 2 heterocycles. The molecule has 1 N–H and O–H groups in total. The molecular weight excluding hydrogens is 374 g/mol. The number of alkyl carbamates (subject to hydrolysis) is 1. The number of benzene rings is 1. The van der Waals surface area contributed by atoms with Gasteiger partial charge in [0.1, 0.15) is 11.6 Å². The maximum atomic E-state index is 13.0. The van der Waals surface area contributed by atoms with Gasteiger partial charge in [0.2, 0.25) is 5.91 Å². The number of rotatable bonds is 4. The molecule has 1 fully saturated rings. The summed E-state index contributed by atoms with van der Waals surface area (Å²) < 4.78 is 11.9. The van der Waals surface area contributed by atoms with Crippen LogP contribution in [0.1, 0.15) is 46.6 Å². The minimum Gasteiger partial charge on any atom is -0.444 e. The fourth-order valence-corrected chi connectivity index (χ4v) is 3.62. The van der Waals surface area contributed by atoms with Gasteiger partial charge in [0.25, 0.3) is 0 Å². The first-order chi connectivity index (χ1) is 13.7. The summed E-state index contributed by atoms with van der Waals surface area (Å²) in [5.74, 6) is -0.333. The molecule has 0 radical (unpaired) electrons. The van der Waals surface area contributed by atoms with E-state index in [0.29, 0.717) is 36.7 Å². The number of ether oxygens (including phenoxy) is 1. The average molecular weight is 403 g/mol. The Kier molecular flexibility index (Phi) is 6.00. The first kappa shape index (κ1) is 21.0. The number of para-hydroxylation sites is 2. The summed E-state index contributed by atoms with van der Waals surface area (Å²) in [6, 6.07) is 6.46. The van der Waals surface area contributed by atoms with Gasteiger partial charge in [-0.3, -0.25) is 9.36 Å². The van der Waals surface area contributed by atoms with Crippen LogP contribution in [0.3, 0.4) is 0 Å². The molecule has 1 aliphatic heterocycles. The molecule has 2 aromatic rings. The number of carbonyl (C=O) groups is 2. The number of fused-ring (bicyclic) bond motifs is 1. The normalized spacial score (nSPS) is 16.6. The highest BCUT2D eigenvalue weighted by Crippen LogP contribution is 2.22. The first-order valence-electron chi connectivity index (χ1n) is 10.0. The lowest BCUT2D eigenvalue weighted by atomic mass is 9.96. The fraction of sp³-hybridized carbons (Fsp3) is 0.571. The van der Waals surface area contributed by atoms with Gasteiger partial charge in [0.15, 0.2) is 5.58 Å². The Bertz CT molecular complexity index is 932. The number of amides is 2. The Morgan fingerprint density at radius 1 is 1.24 bits per heavy atom. The van der Waals surface area contributed by atoms with E-state index >= 15 is 0 Å². The summed E-state index contributed by atoms with van der Waals surface area (Å²) in [5, 5.41) is 2.80. The molecule has 158 valence electrons. The van der Waals surface area contributed by atoms with E-state index in [9.17, 15) is 14.4 Å². The number of oxazole rings is 1. The molecule has 8 heteroatoms. The van der Waals surface area contributed by atoms with Crippen LogP contribution in [-0.4, -0.2) is 46.7 Å². The van der Waals surface area contributed by atoms with E-state index in [1.165, 1.54) is 4.57 Å². The molecule has 8 nitrogen and oxygen atoms in total. The number of aromatic nitrogens is 1. The molecule has 29 heavy (non-hydrogen) atoms. The molecule has 0 aliphatic carbocycles.